The third-order valence-electron chi connectivity index (χ3n) is 4.76. The Morgan fingerprint density at radius 1 is 1.18 bits per heavy atom. The highest BCUT2D eigenvalue weighted by atomic mass is 35.5. The van der Waals surface area contributed by atoms with Gasteiger partial charge >= 0.3 is 6.18 Å². The van der Waals surface area contributed by atoms with Crippen molar-refractivity contribution in [1.82, 2.24) is 14.9 Å². The molecule has 7 nitrogen and oxygen atoms in total. The summed E-state index contributed by atoms with van der Waals surface area (Å²) in [5.74, 6) is 0.105. The second-order valence-corrected chi connectivity index (χ2v) is 9.54. The van der Waals surface area contributed by atoms with Crippen molar-refractivity contribution >= 4 is 33.2 Å². The van der Waals surface area contributed by atoms with E-state index in [1.807, 2.05) is 29.8 Å². The fourth-order valence-corrected chi connectivity index (χ4v) is 4.20. The number of carbonyl (C=O) groups excluding carboxylic acids is 1. The van der Waals surface area contributed by atoms with Crippen LogP contribution >= 0.6 is 11.6 Å². The van der Waals surface area contributed by atoms with Crippen molar-refractivity contribution in [2.75, 3.05) is 17.1 Å². The Bertz CT molecular complexity index is 1260. The molecule has 1 N–H and O–H groups in total. The number of imidazole rings is 1. The molecule has 0 aliphatic carbocycles. The fraction of sp³-hybridized carbons (Fsp3) is 0.238. The minimum atomic E-state index is -4.70. The maximum absolute atomic E-state index is 13.1. The molecule has 0 radical (unpaired) electrons. The van der Waals surface area contributed by atoms with Crippen LogP contribution in [0.15, 0.2) is 54.9 Å². The molecular weight excluding hydrogens is 481 g/mol. The van der Waals surface area contributed by atoms with Gasteiger partial charge in [0.1, 0.15) is 12.4 Å². The SMILES string of the molecule is Cc1nccn1-c1ccc(CNC(=O)CN(c2cc(C(F)(F)F)ccc2Cl)S(C)(=O)=O)cc1. The van der Waals surface area contributed by atoms with Gasteiger partial charge in [0.2, 0.25) is 15.9 Å². The predicted octanol–water partition coefficient (Wildman–Crippen LogP) is 3.94. The number of hydrogen-bond acceptors (Lipinski definition) is 4. The Kier molecular flexibility index (Phi) is 7.03. The molecule has 3 aromatic rings. The summed E-state index contributed by atoms with van der Waals surface area (Å²) in [7, 11) is -4.10. The summed E-state index contributed by atoms with van der Waals surface area (Å²) in [5, 5.41) is 2.34. The number of carbonyl (C=O) groups is 1. The number of nitrogens with zero attached hydrogens (tertiary/aromatic N) is 3. The summed E-state index contributed by atoms with van der Waals surface area (Å²) in [6, 6.07) is 9.52. The number of hydrogen-bond donors (Lipinski definition) is 1. The Labute approximate surface area is 193 Å². The van der Waals surface area contributed by atoms with Crippen LogP contribution in [0.2, 0.25) is 5.02 Å². The second kappa shape index (κ2) is 9.44. The number of alkyl halides is 3. The Balaban J connectivity index is 1.73. The van der Waals surface area contributed by atoms with Gasteiger partial charge in [0, 0.05) is 24.6 Å². The first-order valence-corrected chi connectivity index (χ1v) is 11.8. The molecule has 2 aromatic carbocycles. The molecule has 0 aliphatic heterocycles. The molecule has 0 unspecified atom stereocenters. The molecule has 33 heavy (non-hydrogen) atoms. The topological polar surface area (TPSA) is 84.3 Å². The Morgan fingerprint density at radius 3 is 2.39 bits per heavy atom. The third-order valence-corrected chi connectivity index (χ3v) is 6.21. The summed E-state index contributed by atoms with van der Waals surface area (Å²) in [4.78, 5) is 16.6. The van der Waals surface area contributed by atoms with Gasteiger partial charge in [0.25, 0.3) is 0 Å². The van der Waals surface area contributed by atoms with Crippen molar-refractivity contribution < 1.29 is 26.4 Å². The van der Waals surface area contributed by atoms with E-state index in [1.54, 1.807) is 18.3 Å². The molecule has 1 amide bonds. The number of halogens is 4. The van der Waals surface area contributed by atoms with Gasteiger partial charge in [0.15, 0.2) is 0 Å². The highest BCUT2D eigenvalue weighted by Crippen LogP contribution is 2.36. The summed E-state index contributed by atoms with van der Waals surface area (Å²) in [6.07, 6.45) is -0.432. The van der Waals surface area contributed by atoms with Crippen molar-refractivity contribution in [3.05, 3.63) is 76.8 Å². The summed E-state index contributed by atoms with van der Waals surface area (Å²) < 4.78 is 66.1. The van der Waals surface area contributed by atoms with Crippen LogP contribution in [-0.4, -0.2) is 36.7 Å². The standard InChI is InChI=1S/C21H20ClF3N4O3S/c1-14-26-9-10-28(14)17-6-3-15(4-7-17)12-27-20(30)13-29(33(2,31)32)19-11-16(21(23,24)25)5-8-18(19)22/h3-11H,12-13H2,1-2H3,(H,27,30). The molecule has 0 bridgehead atoms. The lowest BCUT2D eigenvalue weighted by Gasteiger charge is -2.24. The van der Waals surface area contributed by atoms with Crippen LogP contribution in [0.3, 0.4) is 0 Å². The zero-order chi connectivity index (χ0) is 24.4. The number of sulfonamides is 1. The number of benzene rings is 2. The van der Waals surface area contributed by atoms with E-state index in [1.165, 1.54) is 0 Å². The van der Waals surface area contributed by atoms with Crippen molar-refractivity contribution in [3.63, 3.8) is 0 Å². The van der Waals surface area contributed by atoms with Gasteiger partial charge in [-0.1, -0.05) is 23.7 Å². The van der Waals surface area contributed by atoms with Crippen LogP contribution in [0.1, 0.15) is 17.0 Å². The van der Waals surface area contributed by atoms with Crippen molar-refractivity contribution in [2.24, 2.45) is 0 Å². The molecule has 0 saturated heterocycles. The minimum Gasteiger partial charge on any atom is -0.350 e. The lowest BCUT2D eigenvalue weighted by atomic mass is 10.2. The molecule has 3 rings (SSSR count). The second-order valence-electron chi connectivity index (χ2n) is 7.22. The van der Waals surface area contributed by atoms with E-state index in [9.17, 15) is 26.4 Å². The van der Waals surface area contributed by atoms with Crippen LogP contribution < -0.4 is 9.62 Å². The van der Waals surface area contributed by atoms with Gasteiger partial charge in [0.05, 0.1) is 22.5 Å². The van der Waals surface area contributed by atoms with E-state index < -0.39 is 39.9 Å². The largest absolute Gasteiger partial charge is 0.416 e. The van der Waals surface area contributed by atoms with E-state index in [-0.39, 0.29) is 11.6 Å². The molecule has 0 saturated carbocycles. The smallest absolute Gasteiger partial charge is 0.350 e. The zero-order valence-corrected chi connectivity index (χ0v) is 19.2. The molecule has 0 fully saturated rings. The van der Waals surface area contributed by atoms with E-state index in [0.29, 0.717) is 10.4 Å². The van der Waals surface area contributed by atoms with E-state index in [2.05, 4.69) is 10.3 Å². The monoisotopic (exact) mass is 500 g/mol. The van der Waals surface area contributed by atoms with Crippen LogP contribution in [0.5, 0.6) is 0 Å². The van der Waals surface area contributed by atoms with E-state index >= 15 is 0 Å². The van der Waals surface area contributed by atoms with Gasteiger partial charge in [-0.25, -0.2) is 13.4 Å². The summed E-state index contributed by atoms with van der Waals surface area (Å²) in [6.45, 7) is 1.22. The molecule has 0 aliphatic rings. The van der Waals surface area contributed by atoms with Gasteiger partial charge in [-0.15, -0.1) is 0 Å². The molecular formula is C21H20ClF3N4O3S. The summed E-state index contributed by atoms with van der Waals surface area (Å²) in [5.41, 5.74) is 0.115. The summed E-state index contributed by atoms with van der Waals surface area (Å²) >= 11 is 5.96. The molecule has 0 atom stereocenters. The van der Waals surface area contributed by atoms with Gasteiger partial charge in [-0.05, 0) is 42.8 Å². The van der Waals surface area contributed by atoms with Crippen LogP contribution in [-0.2, 0) is 27.5 Å². The van der Waals surface area contributed by atoms with Gasteiger partial charge in [-0.2, -0.15) is 13.2 Å². The van der Waals surface area contributed by atoms with Crippen molar-refractivity contribution in [1.29, 1.82) is 0 Å². The van der Waals surface area contributed by atoms with Crippen molar-refractivity contribution in [3.8, 4) is 5.69 Å². The van der Waals surface area contributed by atoms with E-state index in [0.717, 1.165) is 35.5 Å². The van der Waals surface area contributed by atoms with E-state index in [4.69, 9.17) is 11.6 Å². The normalized spacial score (nSPS) is 11.9. The number of aromatic nitrogens is 2. The molecule has 1 heterocycles. The number of aryl methyl sites for hydroxylation is 1. The minimum absolute atomic E-state index is 0.0932. The third kappa shape index (κ3) is 6.05. The molecule has 12 heteroatoms. The Hall–Kier alpha value is -3.05. The zero-order valence-electron chi connectivity index (χ0n) is 17.6. The van der Waals surface area contributed by atoms with Crippen LogP contribution in [0.4, 0.5) is 18.9 Å². The van der Waals surface area contributed by atoms with Crippen LogP contribution in [0.25, 0.3) is 5.69 Å². The number of rotatable bonds is 7. The maximum Gasteiger partial charge on any atom is 0.416 e. The number of anilines is 1. The predicted molar refractivity (Wildman–Crippen MR) is 119 cm³/mol. The number of nitrogens with one attached hydrogen (secondary N) is 1. The fourth-order valence-electron chi connectivity index (χ4n) is 3.07. The van der Waals surface area contributed by atoms with Crippen LogP contribution in [0, 0.1) is 6.92 Å². The first-order chi connectivity index (χ1) is 15.4. The molecule has 176 valence electrons. The number of amides is 1. The first-order valence-electron chi connectivity index (χ1n) is 9.56. The average molecular weight is 501 g/mol. The molecule has 1 aromatic heterocycles. The maximum atomic E-state index is 13.1. The quantitative estimate of drug-likeness (QED) is 0.532. The van der Waals surface area contributed by atoms with Gasteiger partial charge < -0.3 is 9.88 Å². The lowest BCUT2D eigenvalue weighted by molar-refractivity contribution is -0.137. The highest BCUT2D eigenvalue weighted by molar-refractivity contribution is 7.92. The molecule has 0 spiro atoms. The first kappa shape index (κ1) is 24.6. The Morgan fingerprint density at radius 2 is 1.85 bits per heavy atom. The lowest BCUT2D eigenvalue weighted by Crippen LogP contribution is -2.40. The highest BCUT2D eigenvalue weighted by Gasteiger charge is 2.33. The van der Waals surface area contributed by atoms with Crippen molar-refractivity contribution in [2.45, 2.75) is 19.6 Å². The average Bonchev–Trinajstić information content (AvgIpc) is 3.15. The van der Waals surface area contributed by atoms with Gasteiger partial charge in [-0.3, -0.25) is 9.10 Å².